The van der Waals surface area contributed by atoms with Gasteiger partial charge < -0.3 is 9.47 Å². The van der Waals surface area contributed by atoms with Crippen LogP contribution in [0, 0.1) is 0 Å². The molecule has 4 aromatic rings. The number of hydrogen-bond acceptors (Lipinski definition) is 3. The number of halogens is 1. The first-order valence-corrected chi connectivity index (χ1v) is 8.37. The third-order valence-electron chi connectivity index (χ3n) is 4.16. The summed E-state index contributed by atoms with van der Waals surface area (Å²) in [5, 5.41) is 1.72. The molecular formula is C20H17ClN4. The highest BCUT2D eigenvalue weighted by molar-refractivity contribution is 6.30. The normalized spacial score (nSPS) is 11.0. The van der Waals surface area contributed by atoms with E-state index in [0.29, 0.717) is 5.02 Å². The molecule has 0 aliphatic carbocycles. The highest BCUT2D eigenvalue weighted by Gasteiger charge is 2.18. The van der Waals surface area contributed by atoms with Crippen molar-refractivity contribution in [3.63, 3.8) is 0 Å². The smallest absolute Gasteiger partial charge is 0.150 e. The second kappa shape index (κ2) is 6.22. The summed E-state index contributed by atoms with van der Waals surface area (Å²) in [6.07, 6.45) is 3.71. The van der Waals surface area contributed by atoms with E-state index in [1.807, 2.05) is 61.5 Å². The van der Waals surface area contributed by atoms with Crippen LogP contribution in [0.1, 0.15) is 0 Å². The van der Waals surface area contributed by atoms with E-state index in [9.17, 15) is 0 Å². The van der Waals surface area contributed by atoms with E-state index in [4.69, 9.17) is 11.6 Å². The van der Waals surface area contributed by atoms with Crippen LogP contribution in [0.4, 0.5) is 5.82 Å². The molecule has 2 aromatic carbocycles. The maximum Gasteiger partial charge on any atom is 0.150 e. The predicted molar refractivity (Wildman–Crippen MR) is 104 cm³/mol. The summed E-state index contributed by atoms with van der Waals surface area (Å²) in [7, 11) is 3.99. The average molecular weight is 349 g/mol. The van der Waals surface area contributed by atoms with Gasteiger partial charge in [0.15, 0.2) is 5.65 Å². The van der Waals surface area contributed by atoms with Gasteiger partial charge >= 0.3 is 0 Å². The monoisotopic (exact) mass is 348 g/mol. The largest absolute Gasteiger partial charge is 0.362 e. The van der Waals surface area contributed by atoms with Crippen molar-refractivity contribution in [2.45, 2.75) is 0 Å². The zero-order valence-electron chi connectivity index (χ0n) is 14.0. The van der Waals surface area contributed by atoms with E-state index in [1.165, 1.54) is 0 Å². The van der Waals surface area contributed by atoms with Crippen LogP contribution in [-0.4, -0.2) is 28.6 Å². The minimum absolute atomic E-state index is 0.697. The molecule has 0 bridgehead atoms. The Kier molecular flexibility index (Phi) is 3.90. The van der Waals surface area contributed by atoms with Gasteiger partial charge in [0.2, 0.25) is 0 Å². The molecule has 2 aromatic heterocycles. The molecule has 0 atom stereocenters. The van der Waals surface area contributed by atoms with Crippen LogP contribution in [-0.2, 0) is 0 Å². The van der Waals surface area contributed by atoms with E-state index in [2.05, 4.69) is 32.9 Å². The van der Waals surface area contributed by atoms with Crippen molar-refractivity contribution >= 4 is 28.5 Å². The van der Waals surface area contributed by atoms with Crippen molar-refractivity contribution < 1.29 is 0 Å². The Morgan fingerprint density at radius 2 is 1.76 bits per heavy atom. The summed E-state index contributed by atoms with van der Waals surface area (Å²) in [6, 6.07) is 18.1. The quantitative estimate of drug-likeness (QED) is 0.533. The molecule has 0 unspecified atom stereocenters. The van der Waals surface area contributed by atoms with E-state index < -0.39 is 0 Å². The van der Waals surface area contributed by atoms with Crippen LogP contribution in [0.5, 0.6) is 0 Å². The minimum atomic E-state index is 0.697. The predicted octanol–water partition coefficient (Wildman–Crippen LogP) is 4.81. The third-order valence-corrected chi connectivity index (χ3v) is 4.39. The number of anilines is 1. The molecule has 0 aliphatic rings. The van der Waals surface area contributed by atoms with Crippen molar-refractivity contribution in [3.8, 4) is 16.8 Å². The van der Waals surface area contributed by atoms with Gasteiger partial charge in [-0.3, -0.25) is 0 Å². The van der Waals surface area contributed by atoms with E-state index in [1.54, 1.807) is 6.33 Å². The van der Waals surface area contributed by atoms with Crippen molar-refractivity contribution in [2.24, 2.45) is 0 Å². The molecule has 4 rings (SSSR count). The summed E-state index contributed by atoms with van der Waals surface area (Å²) in [6.45, 7) is 0. The van der Waals surface area contributed by atoms with Crippen molar-refractivity contribution in [3.05, 3.63) is 72.1 Å². The maximum atomic E-state index is 6.20. The topological polar surface area (TPSA) is 34.0 Å². The van der Waals surface area contributed by atoms with E-state index in [0.717, 1.165) is 33.7 Å². The zero-order chi connectivity index (χ0) is 17.4. The summed E-state index contributed by atoms with van der Waals surface area (Å²) in [4.78, 5) is 11.1. The Labute approximate surface area is 151 Å². The van der Waals surface area contributed by atoms with Gasteiger partial charge in [0.25, 0.3) is 0 Å². The van der Waals surface area contributed by atoms with Gasteiger partial charge in [-0.2, -0.15) is 0 Å². The molecule has 0 amide bonds. The van der Waals surface area contributed by atoms with E-state index in [-0.39, 0.29) is 0 Å². The average Bonchev–Trinajstić information content (AvgIpc) is 3.02. The van der Waals surface area contributed by atoms with Crippen LogP contribution in [0.15, 0.2) is 67.1 Å². The molecule has 0 saturated heterocycles. The standard InChI is InChI=1S/C20H17ClN4/c1-24(2)19-18-17(14-7-4-3-5-8-14)12-25(20(18)23-13-22-19)16-10-6-9-15(21)11-16/h3-13H,1-2H3. The van der Waals surface area contributed by atoms with Gasteiger partial charge in [-0.15, -0.1) is 0 Å². The molecule has 0 fully saturated rings. The Hall–Kier alpha value is -2.85. The van der Waals surface area contributed by atoms with Gasteiger partial charge in [0.1, 0.15) is 12.1 Å². The summed E-state index contributed by atoms with van der Waals surface area (Å²) >= 11 is 6.20. The second-order valence-corrected chi connectivity index (χ2v) is 6.49. The molecule has 2 heterocycles. The minimum Gasteiger partial charge on any atom is -0.362 e. The fourth-order valence-electron chi connectivity index (χ4n) is 3.04. The van der Waals surface area contributed by atoms with E-state index >= 15 is 0 Å². The molecular weight excluding hydrogens is 332 g/mol. The Bertz CT molecular complexity index is 1040. The molecule has 0 aliphatic heterocycles. The lowest BCUT2D eigenvalue weighted by Crippen LogP contribution is -2.11. The fraction of sp³-hybridized carbons (Fsp3) is 0.100. The fourth-order valence-corrected chi connectivity index (χ4v) is 3.23. The van der Waals surface area contributed by atoms with Crippen molar-refractivity contribution in [1.29, 1.82) is 0 Å². The molecule has 0 N–H and O–H groups in total. The van der Waals surface area contributed by atoms with Crippen molar-refractivity contribution in [2.75, 3.05) is 19.0 Å². The van der Waals surface area contributed by atoms with Gasteiger partial charge in [0, 0.05) is 36.6 Å². The van der Waals surface area contributed by atoms with Gasteiger partial charge in [0.05, 0.1) is 5.39 Å². The number of aromatic nitrogens is 3. The third kappa shape index (κ3) is 2.75. The lowest BCUT2D eigenvalue weighted by Gasteiger charge is -2.13. The van der Waals surface area contributed by atoms with Gasteiger partial charge in [-0.25, -0.2) is 9.97 Å². The number of benzene rings is 2. The first kappa shape index (κ1) is 15.7. The van der Waals surface area contributed by atoms with Crippen LogP contribution in [0.3, 0.4) is 0 Å². The first-order valence-electron chi connectivity index (χ1n) is 8.00. The van der Waals surface area contributed by atoms with Crippen molar-refractivity contribution in [1.82, 2.24) is 14.5 Å². The molecule has 0 saturated carbocycles. The Morgan fingerprint density at radius 3 is 2.48 bits per heavy atom. The molecule has 5 heteroatoms. The maximum absolute atomic E-state index is 6.20. The SMILES string of the molecule is CN(C)c1ncnc2c1c(-c1ccccc1)cn2-c1cccc(Cl)c1. The Balaban J connectivity index is 2.08. The van der Waals surface area contributed by atoms with Crippen LogP contribution >= 0.6 is 11.6 Å². The first-order chi connectivity index (χ1) is 12.1. The Morgan fingerprint density at radius 1 is 0.960 bits per heavy atom. The zero-order valence-corrected chi connectivity index (χ0v) is 14.8. The summed E-state index contributed by atoms with van der Waals surface area (Å²) in [5.74, 6) is 0.893. The van der Waals surface area contributed by atoms with Crippen LogP contribution in [0.2, 0.25) is 5.02 Å². The second-order valence-electron chi connectivity index (χ2n) is 6.05. The number of nitrogens with zero attached hydrogens (tertiary/aromatic N) is 4. The number of fused-ring (bicyclic) bond motifs is 1. The summed E-state index contributed by atoms with van der Waals surface area (Å²) in [5.41, 5.74) is 4.06. The van der Waals surface area contributed by atoms with Gasteiger partial charge in [-0.1, -0.05) is 48.0 Å². The molecule has 124 valence electrons. The highest BCUT2D eigenvalue weighted by atomic mass is 35.5. The molecule has 4 nitrogen and oxygen atoms in total. The van der Waals surface area contributed by atoms with Gasteiger partial charge in [-0.05, 0) is 23.8 Å². The lowest BCUT2D eigenvalue weighted by molar-refractivity contribution is 1.04. The number of rotatable bonds is 3. The van der Waals surface area contributed by atoms with Crippen LogP contribution in [0.25, 0.3) is 27.8 Å². The molecule has 0 spiro atoms. The molecule has 25 heavy (non-hydrogen) atoms. The summed E-state index contributed by atoms with van der Waals surface area (Å²) < 4.78 is 2.07. The van der Waals surface area contributed by atoms with Crippen LogP contribution < -0.4 is 4.90 Å². The lowest BCUT2D eigenvalue weighted by atomic mass is 10.1. The number of hydrogen-bond donors (Lipinski definition) is 0. The molecule has 0 radical (unpaired) electrons. The highest BCUT2D eigenvalue weighted by Crippen LogP contribution is 2.36.